The van der Waals surface area contributed by atoms with Crippen molar-refractivity contribution in [3.63, 3.8) is 0 Å². The summed E-state index contributed by atoms with van der Waals surface area (Å²) >= 11 is 1.01. The minimum atomic E-state index is -2.74. The van der Waals surface area contributed by atoms with Crippen LogP contribution in [-0.2, 0) is 17.8 Å². The van der Waals surface area contributed by atoms with E-state index in [1.54, 1.807) is 19.2 Å². The van der Waals surface area contributed by atoms with E-state index in [4.69, 9.17) is 0 Å². The molecule has 190 valence electrons. The summed E-state index contributed by atoms with van der Waals surface area (Å²) in [5, 5.41) is 14.4. The lowest BCUT2D eigenvalue weighted by Crippen LogP contribution is -2.31. The van der Waals surface area contributed by atoms with Gasteiger partial charge in [-0.25, -0.2) is 8.78 Å². The molecule has 1 aliphatic rings. The zero-order valence-corrected chi connectivity index (χ0v) is 21.0. The van der Waals surface area contributed by atoms with E-state index in [9.17, 15) is 23.6 Å². The second-order valence-electron chi connectivity index (χ2n) is 8.28. The molecule has 0 bridgehead atoms. The van der Waals surface area contributed by atoms with E-state index >= 15 is 0 Å². The lowest BCUT2D eigenvalue weighted by Gasteiger charge is -2.26. The fraction of sp³-hybridized carbons (Fsp3) is 0.423. The molecule has 2 aromatic rings. The molecule has 1 saturated heterocycles. The summed E-state index contributed by atoms with van der Waals surface area (Å²) in [5.41, 5.74) is 6.80. The molecule has 1 aromatic heterocycles. The number of rotatable bonds is 9. The van der Waals surface area contributed by atoms with Crippen molar-refractivity contribution in [2.45, 2.75) is 45.6 Å². The average molecular weight is 514 g/mol. The van der Waals surface area contributed by atoms with Crippen molar-refractivity contribution >= 4 is 34.4 Å². The number of nitriles is 1. The fourth-order valence-corrected chi connectivity index (χ4v) is 4.84. The topological polar surface area (TPSA) is 90.2 Å². The second-order valence-corrected chi connectivity index (χ2v) is 9.28. The van der Waals surface area contributed by atoms with Crippen molar-refractivity contribution in [1.29, 1.82) is 5.26 Å². The quantitative estimate of drug-likeness (QED) is 0.396. The predicted molar refractivity (Wildman–Crippen MR) is 137 cm³/mol. The Bertz CT molecular complexity index is 1360. The molecule has 7 nitrogen and oxygen atoms in total. The summed E-state index contributed by atoms with van der Waals surface area (Å²) in [6.45, 7) is 4.51. The van der Waals surface area contributed by atoms with Gasteiger partial charge in [-0.3, -0.25) is 14.2 Å². The number of aromatic nitrogens is 1. The lowest BCUT2D eigenvalue weighted by atomic mass is 10.1. The summed E-state index contributed by atoms with van der Waals surface area (Å²) < 4.78 is 26.6. The van der Waals surface area contributed by atoms with Gasteiger partial charge < -0.3 is 15.5 Å². The van der Waals surface area contributed by atoms with Gasteiger partial charge in [-0.1, -0.05) is 41.4 Å². The Morgan fingerprint density at radius 2 is 2.06 bits per heavy atom. The van der Waals surface area contributed by atoms with Crippen LogP contribution in [0.25, 0.3) is 11.5 Å². The number of carbonyl (C=O) groups is 1. The highest BCUT2D eigenvalue weighted by Crippen LogP contribution is 2.13. The van der Waals surface area contributed by atoms with Crippen LogP contribution in [0.5, 0.6) is 0 Å². The third-order valence-corrected chi connectivity index (χ3v) is 6.73. The van der Waals surface area contributed by atoms with Gasteiger partial charge in [-0.2, -0.15) is 5.26 Å². The van der Waals surface area contributed by atoms with Crippen LogP contribution in [0.3, 0.4) is 0 Å². The number of likely N-dealkylation sites (tertiary alicyclic amines) is 1. The highest BCUT2D eigenvalue weighted by Gasteiger charge is 2.12. The first kappa shape index (κ1) is 27.1. The van der Waals surface area contributed by atoms with E-state index in [2.05, 4.69) is 33.8 Å². The molecule has 0 aliphatic carbocycles. The van der Waals surface area contributed by atoms with E-state index < -0.39 is 24.5 Å². The summed E-state index contributed by atoms with van der Waals surface area (Å²) in [6, 6.07) is 9.73. The Hall–Kier alpha value is -3.47. The van der Waals surface area contributed by atoms with Crippen molar-refractivity contribution in [3.05, 3.63) is 61.2 Å². The van der Waals surface area contributed by atoms with Crippen molar-refractivity contribution in [1.82, 2.24) is 14.8 Å². The summed E-state index contributed by atoms with van der Waals surface area (Å²) in [7, 11) is 0. The fourth-order valence-electron chi connectivity index (χ4n) is 3.85. The minimum absolute atomic E-state index is 0.238. The van der Waals surface area contributed by atoms with Gasteiger partial charge in [-0.15, -0.1) is 0 Å². The molecule has 0 spiro atoms. The zero-order valence-electron chi connectivity index (χ0n) is 20.2. The smallest absolute Gasteiger partial charge is 0.277 e. The van der Waals surface area contributed by atoms with Gasteiger partial charge in [0.05, 0.1) is 6.54 Å². The number of alkyl halides is 2. The number of carbonyl (C=O) groups excluding carboxylic acids is 1. The van der Waals surface area contributed by atoms with Crippen LogP contribution in [-0.4, -0.2) is 48.0 Å². The van der Waals surface area contributed by atoms with Crippen LogP contribution in [0.4, 0.5) is 14.5 Å². The minimum Gasteiger partial charge on any atom is -0.355 e. The number of nitrogens with zero attached hydrogens (tertiary/aromatic N) is 3. The molecule has 0 atom stereocenters. The number of halogens is 2. The predicted octanol–water partition coefficient (Wildman–Crippen LogP) is 2.17. The van der Waals surface area contributed by atoms with E-state index in [1.165, 1.54) is 29.4 Å². The van der Waals surface area contributed by atoms with E-state index in [0.29, 0.717) is 0 Å². The molecule has 0 radical (unpaired) electrons. The highest BCUT2D eigenvalue weighted by molar-refractivity contribution is 7.07. The first-order chi connectivity index (χ1) is 17.4. The molecule has 36 heavy (non-hydrogen) atoms. The Kier molecular flexibility index (Phi) is 10.2. The molecular weight excluding hydrogens is 484 g/mol. The Labute approximate surface area is 212 Å². The van der Waals surface area contributed by atoms with Gasteiger partial charge in [-0.05, 0) is 57.0 Å². The number of benzene rings is 1. The molecule has 1 aromatic carbocycles. The van der Waals surface area contributed by atoms with E-state index in [0.717, 1.165) is 43.1 Å². The number of hydrogen-bond acceptors (Lipinski definition) is 6. The number of piperidine rings is 1. The first-order valence-electron chi connectivity index (χ1n) is 11.9. The molecule has 10 heteroatoms. The summed E-state index contributed by atoms with van der Waals surface area (Å²) in [5.74, 6) is -0.968. The van der Waals surface area contributed by atoms with Crippen molar-refractivity contribution < 1.29 is 13.6 Å². The zero-order chi connectivity index (χ0) is 25.9. The van der Waals surface area contributed by atoms with Gasteiger partial charge in [0.15, 0.2) is 5.57 Å². The number of amides is 1. The maximum absolute atomic E-state index is 12.7. The van der Waals surface area contributed by atoms with Crippen LogP contribution in [0, 0.1) is 11.3 Å². The number of thiazole rings is 1. The Morgan fingerprint density at radius 3 is 2.75 bits per heavy atom. The van der Waals surface area contributed by atoms with Gasteiger partial charge >= 0.3 is 0 Å². The Balaban J connectivity index is 1.81. The molecule has 3 rings (SSSR count). The standard InChI is InChI=1S/C26H29F2N5O2S/c1-2-33-24(16-20(17-29)25(34)31-18-23(27)28)36-22(26(33)35)9-11-30-21-8-6-7-19(15-21)10-14-32-12-4-3-5-13-32/h6-8,11,15,23,30H,2-5,10,12-14,18H2,1H3,(H,31,34). The van der Waals surface area contributed by atoms with Gasteiger partial charge in [0.25, 0.3) is 17.9 Å². The molecule has 0 saturated carbocycles. The first-order valence-corrected chi connectivity index (χ1v) is 12.7. The van der Waals surface area contributed by atoms with Gasteiger partial charge in [0.1, 0.15) is 15.3 Å². The van der Waals surface area contributed by atoms with Crippen molar-refractivity contribution in [3.8, 4) is 6.07 Å². The van der Waals surface area contributed by atoms with Crippen molar-refractivity contribution in [2.75, 3.05) is 31.5 Å². The monoisotopic (exact) mass is 513 g/mol. The number of anilines is 1. The van der Waals surface area contributed by atoms with Crippen molar-refractivity contribution in [2.24, 2.45) is 0 Å². The van der Waals surface area contributed by atoms with Crippen LogP contribution in [0.2, 0.25) is 0 Å². The van der Waals surface area contributed by atoms with Crippen LogP contribution < -0.4 is 25.4 Å². The molecule has 0 unspecified atom stereocenters. The molecule has 1 aliphatic heterocycles. The third kappa shape index (κ3) is 7.77. The average Bonchev–Trinajstić information content (AvgIpc) is 3.19. The lowest BCUT2D eigenvalue weighted by molar-refractivity contribution is -0.117. The normalized spacial score (nSPS) is 13.4. The van der Waals surface area contributed by atoms with E-state index in [1.807, 2.05) is 17.4 Å². The van der Waals surface area contributed by atoms with Gasteiger partial charge in [0, 0.05) is 25.0 Å². The Morgan fingerprint density at radius 1 is 1.28 bits per heavy atom. The van der Waals surface area contributed by atoms with Crippen LogP contribution in [0.1, 0.15) is 31.7 Å². The largest absolute Gasteiger partial charge is 0.355 e. The summed E-state index contributed by atoms with van der Waals surface area (Å²) in [6.07, 6.45) is 3.63. The van der Waals surface area contributed by atoms with E-state index in [-0.39, 0.29) is 21.3 Å². The SMILES string of the molecule is CCn1c(=C=C(C#N)C(=O)NCC(F)F)sc(=C=CNc2cccc(CCN3CCCCC3)c2)c1=O. The molecule has 2 N–H and O–H groups in total. The summed E-state index contributed by atoms with van der Waals surface area (Å²) in [4.78, 5) is 27.2. The van der Waals surface area contributed by atoms with Crippen LogP contribution in [0.15, 0.2) is 40.8 Å². The maximum atomic E-state index is 12.7. The second kappa shape index (κ2) is 13.6. The number of hydrogen-bond donors (Lipinski definition) is 2. The highest BCUT2D eigenvalue weighted by atomic mass is 32.1. The molecule has 2 heterocycles. The molecule has 1 amide bonds. The van der Waals surface area contributed by atoms with Gasteiger partial charge in [0.2, 0.25) is 0 Å². The molecular formula is C26H29F2N5O2S. The maximum Gasteiger partial charge on any atom is 0.277 e. The molecule has 1 fully saturated rings. The van der Waals surface area contributed by atoms with Crippen LogP contribution >= 0.6 is 11.3 Å². The number of nitrogens with one attached hydrogen (secondary N) is 2. The third-order valence-electron chi connectivity index (χ3n) is 5.72.